The van der Waals surface area contributed by atoms with Crippen LogP contribution in [0.3, 0.4) is 0 Å². The van der Waals surface area contributed by atoms with Crippen molar-refractivity contribution in [3.63, 3.8) is 0 Å². The summed E-state index contributed by atoms with van der Waals surface area (Å²) in [5.74, 6) is 0.325. The van der Waals surface area contributed by atoms with Crippen molar-refractivity contribution in [2.75, 3.05) is 5.73 Å². The maximum absolute atomic E-state index is 5.48. The van der Waals surface area contributed by atoms with Crippen molar-refractivity contribution in [2.45, 2.75) is 40.2 Å². The molecule has 80 valence electrons. The molecule has 14 heavy (non-hydrogen) atoms. The van der Waals surface area contributed by atoms with Crippen LogP contribution < -0.4 is 5.73 Å². The van der Waals surface area contributed by atoms with Gasteiger partial charge in [-0.2, -0.15) is 4.98 Å². The summed E-state index contributed by atoms with van der Waals surface area (Å²) in [6.45, 7) is 7.55. The summed E-state index contributed by atoms with van der Waals surface area (Å²) in [6, 6.07) is 0. The van der Waals surface area contributed by atoms with Gasteiger partial charge >= 0.3 is 0 Å². The molecule has 0 bridgehead atoms. The van der Waals surface area contributed by atoms with Gasteiger partial charge in [0.2, 0.25) is 5.95 Å². The lowest BCUT2D eigenvalue weighted by molar-refractivity contribution is 0.294. The van der Waals surface area contributed by atoms with Gasteiger partial charge in [0.1, 0.15) is 0 Å². The van der Waals surface area contributed by atoms with Gasteiger partial charge in [-0.05, 0) is 27.8 Å². The summed E-state index contributed by atoms with van der Waals surface area (Å²) < 4.78 is 2.51. The second-order valence-electron chi connectivity index (χ2n) is 4.23. The van der Waals surface area contributed by atoms with Gasteiger partial charge in [0.25, 0.3) is 0 Å². The van der Waals surface area contributed by atoms with Gasteiger partial charge in [-0.15, -0.1) is 5.10 Å². The lowest BCUT2D eigenvalue weighted by Crippen LogP contribution is -2.14. The summed E-state index contributed by atoms with van der Waals surface area (Å²) in [6.07, 6.45) is 2.24. The minimum atomic E-state index is 0.325. The summed E-state index contributed by atoms with van der Waals surface area (Å²) in [5.41, 5.74) is 5.83. The Bertz CT molecular complexity index is 306. The number of nitrogens with two attached hydrogens (primary N) is 1. The zero-order valence-electron chi connectivity index (χ0n) is 8.92. The zero-order valence-corrected chi connectivity index (χ0v) is 10.5. The van der Waals surface area contributed by atoms with E-state index in [1.54, 1.807) is 4.68 Å². The van der Waals surface area contributed by atoms with E-state index in [-0.39, 0.29) is 0 Å². The number of rotatable bonds is 4. The molecular formula is C9H17BrN4. The second-order valence-corrected chi connectivity index (χ2v) is 4.94. The number of nitrogen functional groups attached to an aromatic ring is 1. The first kappa shape index (κ1) is 11.5. The Labute approximate surface area is 93.0 Å². The molecule has 0 aliphatic carbocycles. The minimum Gasteiger partial charge on any atom is -0.366 e. The Morgan fingerprint density at radius 2 is 2.14 bits per heavy atom. The predicted octanol–water partition coefficient (Wildman–Crippen LogP) is 2.45. The number of hydrogen-bond donors (Lipinski definition) is 1. The molecule has 0 radical (unpaired) electrons. The molecule has 1 heterocycles. The van der Waals surface area contributed by atoms with Crippen LogP contribution in [0.2, 0.25) is 0 Å². The molecule has 0 aromatic carbocycles. The van der Waals surface area contributed by atoms with Crippen molar-refractivity contribution in [3.05, 3.63) is 4.73 Å². The minimum absolute atomic E-state index is 0.325. The molecule has 2 N–H and O–H groups in total. The van der Waals surface area contributed by atoms with Crippen LogP contribution in [-0.4, -0.2) is 14.8 Å². The highest BCUT2D eigenvalue weighted by atomic mass is 79.9. The summed E-state index contributed by atoms with van der Waals surface area (Å²) in [7, 11) is 0. The average Bonchev–Trinajstić information content (AvgIpc) is 2.42. The lowest BCUT2D eigenvalue weighted by atomic mass is 9.87. The number of nitrogens with zero attached hydrogens (tertiary/aromatic N) is 3. The molecule has 0 fully saturated rings. The van der Waals surface area contributed by atoms with Crippen LogP contribution in [-0.2, 0) is 6.54 Å². The molecule has 0 aliphatic rings. The van der Waals surface area contributed by atoms with E-state index in [9.17, 15) is 0 Å². The third-order valence-electron chi connectivity index (χ3n) is 2.60. The molecule has 0 aliphatic heterocycles. The molecule has 0 spiro atoms. The number of halogens is 1. The SMILES string of the molecule is CCC(C)(C)CCn1nc(N)nc1Br. The maximum Gasteiger partial charge on any atom is 0.240 e. The van der Waals surface area contributed by atoms with Crippen molar-refractivity contribution in [1.82, 2.24) is 14.8 Å². The first-order valence-electron chi connectivity index (χ1n) is 4.80. The molecule has 0 saturated carbocycles. The van der Waals surface area contributed by atoms with Crippen LogP contribution in [0.25, 0.3) is 0 Å². The topological polar surface area (TPSA) is 56.7 Å². The molecule has 1 aromatic rings. The molecule has 0 amide bonds. The van der Waals surface area contributed by atoms with Gasteiger partial charge in [0, 0.05) is 6.54 Å². The van der Waals surface area contributed by atoms with Gasteiger partial charge in [0.05, 0.1) is 0 Å². The van der Waals surface area contributed by atoms with Gasteiger partial charge in [-0.3, -0.25) is 0 Å². The van der Waals surface area contributed by atoms with Crippen LogP contribution in [0.5, 0.6) is 0 Å². The van der Waals surface area contributed by atoms with Crippen LogP contribution in [0, 0.1) is 5.41 Å². The largest absolute Gasteiger partial charge is 0.366 e. The summed E-state index contributed by atoms with van der Waals surface area (Å²) in [5, 5.41) is 4.08. The highest BCUT2D eigenvalue weighted by Gasteiger charge is 2.16. The molecule has 5 heteroatoms. The van der Waals surface area contributed by atoms with E-state index in [4.69, 9.17) is 5.73 Å². The Kier molecular flexibility index (Phi) is 3.53. The molecular weight excluding hydrogens is 244 g/mol. The Balaban J connectivity index is 2.58. The quantitative estimate of drug-likeness (QED) is 0.905. The van der Waals surface area contributed by atoms with Crippen molar-refractivity contribution in [1.29, 1.82) is 0 Å². The molecule has 1 rings (SSSR count). The fourth-order valence-corrected chi connectivity index (χ4v) is 1.51. The van der Waals surface area contributed by atoms with Crippen LogP contribution in [0.15, 0.2) is 4.73 Å². The smallest absolute Gasteiger partial charge is 0.240 e. The third kappa shape index (κ3) is 2.97. The predicted molar refractivity (Wildman–Crippen MR) is 60.8 cm³/mol. The highest BCUT2D eigenvalue weighted by Crippen LogP contribution is 2.25. The fourth-order valence-electron chi connectivity index (χ4n) is 1.07. The van der Waals surface area contributed by atoms with E-state index in [1.807, 2.05) is 0 Å². The normalized spacial score (nSPS) is 12.0. The lowest BCUT2D eigenvalue weighted by Gasteiger charge is -2.22. The average molecular weight is 261 g/mol. The van der Waals surface area contributed by atoms with E-state index in [2.05, 4.69) is 46.8 Å². The van der Waals surface area contributed by atoms with Crippen LogP contribution >= 0.6 is 15.9 Å². The van der Waals surface area contributed by atoms with Crippen molar-refractivity contribution >= 4 is 21.9 Å². The Hall–Kier alpha value is -0.580. The number of hydrogen-bond acceptors (Lipinski definition) is 3. The number of aryl methyl sites for hydroxylation is 1. The van der Waals surface area contributed by atoms with E-state index >= 15 is 0 Å². The molecule has 1 aromatic heterocycles. The zero-order chi connectivity index (χ0) is 10.8. The van der Waals surface area contributed by atoms with Crippen molar-refractivity contribution < 1.29 is 0 Å². The molecule has 0 atom stereocenters. The number of anilines is 1. The van der Waals surface area contributed by atoms with E-state index in [0.29, 0.717) is 16.1 Å². The number of aromatic nitrogens is 3. The van der Waals surface area contributed by atoms with Gasteiger partial charge in [0.15, 0.2) is 4.73 Å². The van der Waals surface area contributed by atoms with Crippen molar-refractivity contribution in [2.24, 2.45) is 5.41 Å². The maximum atomic E-state index is 5.48. The van der Waals surface area contributed by atoms with Gasteiger partial charge in [-0.1, -0.05) is 27.2 Å². The summed E-state index contributed by atoms with van der Waals surface area (Å²) in [4.78, 5) is 3.98. The molecule has 4 nitrogen and oxygen atoms in total. The molecule has 0 saturated heterocycles. The van der Waals surface area contributed by atoms with Crippen molar-refractivity contribution in [3.8, 4) is 0 Å². The van der Waals surface area contributed by atoms with Crippen LogP contribution in [0.4, 0.5) is 5.95 Å². The Morgan fingerprint density at radius 3 is 2.57 bits per heavy atom. The molecule has 0 unspecified atom stereocenters. The monoisotopic (exact) mass is 260 g/mol. The van der Waals surface area contributed by atoms with Gasteiger partial charge < -0.3 is 5.73 Å². The van der Waals surface area contributed by atoms with E-state index in [1.165, 1.54) is 0 Å². The van der Waals surface area contributed by atoms with Gasteiger partial charge in [-0.25, -0.2) is 4.68 Å². The highest BCUT2D eigenvalue weighted by molar-refractivity contribution is 9.10. The fraction of sp³-hybridized carbons (Fsp3) is 0.778. The van der Waals surface area contributed by atoms with Crippen LogP contribution in [0.1, 0.15) is 33.6 Å². The summed E-state index contributed by atoms with van der Waals surface area (Å²) >= 11 is 3.32. The second kappa shape index (κ2) is 4.29. The van der Waals surface area contributed by atoms with E-state index < -0.39 is 0 Å². The standard InChI is InChI=1S/C9H17BrN4/c1-4-9(2,3)5-6-14-7(10)12-8(11)13-14/h4-6H2,1-3H3,(H2,11,13). The van der Waals surface area contributed by atoms with E-state index in [0.717, 1.165) is 19.4 Å². The first-order chi connectivity index (χ1) is 6.44. The third-order valence-corrected chi connectivity index (χ3v) is 3.19. The first-order valence-corrected chi connectivity index (χ1v) is 5.60. The Morgan fingerprint density at radius 1 is 1.50 bits per heavy atom.